The molecule has 1 saturated heterocycles. The first-order chi connectivity index (χ1) is 19.1. The second-order valence-corrected chi connectivity index (χ2v) is 11.5. The minimum absolute atomic E-state index is 0.242. The number of carbonyl (C=O) groups excluding carboxylic acids is 1. The van der Waals surface area contributed by atoms with Crippen molar-refractivity contribution in [3.05, 3.63) is 57.0 Å². The smallest absolute Gasteiger partial charge is 0.339 e. The van der Waals surface area contributed by atoms with Gasteiger partial charge in [-0.25, -0.2) is 14.5 Å². The van der Waals surface area contributed by atoms with Gasteiger partial charge in [-0.1, -0.05) is 15.9 Å². The molecular formula is C28H34BrN7O4. The molecule has 1 atom stereocenters. The van der Waals surface area contributed by atoms with E-state index in [-0.39, 0.29) is 16.7 Å². The zero-order valence-corrected chi connectivity index (χ0v) is 24.8. The van der Waals surface area contributed by atoms with Gasteiger partial charge in [-0.2, -0.15) is 5.10 Å². The number of ether oxygens (including phenoxy) is 2. The summed E-state index contributed by atoms with van der Waals surface area (Å²) >= 11 is 3.59. The lowest BCUT2D eigenvalue weighted by Crippen LogP contribution is -2.43. The SMILES string of the molecule is COC(=O)c1cc(-c2cnn(C)c2OCCN2CCCCC(C)(n3c(N)nc4ccc(Br)cc43)C2)c(=O)n(C)c1. The number of aryl methyl sites for hydroxylation is 2. The third kappa shape index (κ3) is 5.25. The average Bonchev–Trinajstić information content (AvgIpc) is 3.38. The van der Waals surface area contributed by atoms with Gasteiger partial charge >= 0.3 is 5.97 Å². The van der Waals surface area contributed by atoms with Crippen molar-refractivity contribution < 1.29 is 14.3 Å². The van der Waals surface area contributed by atoms with Crippen molar-refractivity contribution >= 4 is 38.9 Å². The largest absolute Gasteiger partial charge is 0.476 e. The van der Waals surface area contributed by atoms with Crippen molar-refractivity contribution in [2.45, 2.75) is 31.7 Å². The summed E-state index contributed by atoms with van der Waals surface area (Å²) in [6, 6.07) is 7.56. The molecule has 4 aromatic rings. The lowest BCUT2D eigenvalue weighted by molar-refractivity contribution is 0.0599. The number of imidazole rings is 1. The number of pyridine rings is 1. The molecule has 11 nitrogen and oxygen atoms in total. The van der Waals surface area contributed by atoms with Gasteiger partial charge in [0, 0.05) is 37.9 Å². The number of hydrogen-bond acceptors (Lipinski definition) is 8. The van der Waals surface area contributed by atoms with Crippen LogP contribution in [0.15, 0.2) is 45.9 Å². The van der Waals surface area contributed by atoms with Crippen LogP contribution in [0.1, 0.15) is 36.5 Å². The maximum absolute atomic E-state index is 13.0. The number of esters is 1. The predicted octanol–water partition coefficient (Wildman–Crippen LogP) is 3.55. The van der Waals surface area contributed by atoms with Gasteiger partial charge < -0.3 is 24.3 Å². The van der Waals surface area contributed by atoms with Gasteiger partial charge in [0.05, 0.1) is 46.6 Å². The molecule has 2 N–H and O–H groups in total. The number of fused-ring (bicyclic) bond motifs is 1. The van der Waals surface area contributed by atoms with Crippen LogP contribution in [0.3, 0.4) is 0 Å². The molecule has 0 bridgehead atoms. The molecule has 0 spiro atoms. The Bertz CT molecular complexity index is 1620. The second kappa shape index (κ2) is 11.1. The van der Waals surface area contributed by atoms with E-state index < -0.39 is 5.97 Å². The fourth-order valence-electron chi connectivity index (χ4n) is 5.68. The molecule has 12 heteroatoms. The van der Waals surface area contributed by atoms with E-state index in [4.69, 9.17) is 15.2 Å². The quantitative estimate of drug-likeness (QED) is 0.315. The van der Waals surface area contributed by atoms with Crippen molar-refractivity contribution in [3.63, 3.8) is 0 Å². The number of nitrogens with two attached hydrogens (primary N) is 1. The molecule has 0 radical (unpaired) electrons. The number of aromatic nitrogens is 5. The zero-order valence-electron chi connectivity index (χ0n) is 23.2. The zero-order chi connectivity index (χ0) is 28.6. The topological polar surface area (TPSA) is 122 Å². The number of carbonyl (C=O) groups is 1. The minimum atomic E-state index is -0.522. The summed E-state index contributed by atoms with van der Waals surface area (Å²) < 4.78 is 17.2. The van der Waals surface area contributed by atoms with E-state index in [1.807, 2.05) is 12.1 Å². The average molecular weight is 613 g/mol. The van der Waals surface area contributed by atoms with Crippen molar-refractivity contribution in [2.75, 3.05) is 39.1 Å². The number of nitrogen functional groups attached to an aromatic ring is 1. The van der Waals surface area contributed by atoms with Crippen LogP contribution >= 0.6 is 15.9 Å². The molecular weight excluding hydrogens is 578 g/mol. The van der Waals surface area contributed by atoms with E-state index in [0.717, 1.165) is 47.9 Å². The van der Waals surface area contributed by atoms with Crippen LogP contribution in [0.2, 0.25) is 0 Å². The molecule has 1 fully saturated rings. The summed E-state index contributed by atoms with van der Waals surface area (Å²) in [6.45, 7) is 5.05. The van der Waals surface area contributed by atoms with Gasteiger partial charge in [0.15, 0.2) is 0 Å². The number of anilines is 1. The molecule has 1 aliphatic rings. The highest BCUT2D eigenvalue weighted by atomic mass is 79.9. The van der Waals surface area contributed by atoms with Gasteiger partial charge in [-0.15, -0.1) is 0 Å². The Morgan fingerprint density at radius 1 is 1.20 bits per heavy atom. The molecule has 4 heterocycles. The number of methoxy groups -OCH3 is 1. The van der Waals surface area contributed by atoms with Gasteiger partial charge in [-0.3, -0.25) is 9.69 Å². The minimum Gasteiger partial charge on any atom is -0.476 e. The van der Waals surface area contributed by atoms with Crippen LogP contribution in [0.5, 0.6) is 5.88 Å². The van der Waals surface area contributed by atoms with Gasteiger partial charge in [0.25, 0.3) is 5.56 Å². The predicted molar refractivity (Wildman–Crippen MR) is 157 cm³/mol. The molecule has 0 aliphatic carbocycles. The first-order valence-electron chi connectivity index (χ1n) is 13.2. The molecule has 3 aromatic heterocycles. The number of likely N-dealkylation sites (tertiary alicyclic amines) is 1. The third-order valence-electron chi connectivity index (χ3n) is 7.61. The number of rotatable bonds is 7. The second-order valence-electron chi connectivity index (χ2n) is 10.6. The summed E-state index contributed by atoms with van der Waals surface area (Å²) in [6.07, 6.45) is 6.17. The summed E-state index contributed by atoms with van der Waals surface area (Å²) in [5.41, 5.74) is 8.98. The molecule has 1 unspecified atom stereocenters. The van der Waals surface area contributed by atoms with Crippen molar-refractivity contribution in [3.8, 4) is 17.0 Å². The van der Waals surface area contributed by atoms with Crippen molar-refractivity contribution in [2.24, 2.45) is 14.1 Å². The van der Waals surface area contributed by atoms with E-state index in [1.54, 1.807) is 25.0 Å². The molecule has 1 aliphatic heterocycles. The van der Waals surface area contributed by atoms with Crippen LogP contribution in [-0.2, 0) is 24.4 Å². The first kappa shape index (κ1) is 27.9. The summed E-state index contributed by atoms with van der Waals surface area (Å²) in [5.74, 6) is 0.460. The highest BCUT2D eigenvalue weighted by Gasteiger charge is 2.34. The van der Waals surface area contributed by atoms with Crippen LogP contribution in [0.25, 0.3) is 22.2 Å². The Kier molecular flexibility index (Phi) is 7.74. The van der Waals surface area contributed by atoms with E-state index in [9.17, 15) is 9.59 Å². The van der Waals surface area contributed by atoms with E-state index in [0.29, 0.717) is 36.1 Å². The molecule has 5 rings (SSSR count). The van der Waals surface area contributed by atoms with Crippen LogP contribution in [-0.4, -0.2) is 68.1 Å². The van der Waals surface area contributed by atoms with Crippen molar-refractivity contribution in [1.29, 1.82) is 0 Å². The number of benzene rings is 1. The number of halogens is 1. The molecule has 0 amide bonds. The van der Waals surface area contributed by atoms with Gasteiger partial charge in [-0.05, 0) is 57.0 Å². The van der Waals surface area contributed by atoms with Crippen LogP contribution in [0, 0.1) is 0 Å². The summed E-state index contributed by atoms with van der Waals surface area (Å²) in [4.78, 5) is 32.1. The first-order valence-corrected chi connectivity index (χ1v) is 14.0. The summed E-state index contributed by atoms with van der Waals surface area (Å²) in [7, 11) is 4.67. The third-order valence-corrected chi connectivity index (χ3v) is 8.10. The van der Waals surface area contributed by atoms with Crippen LogP contribution < -0.4 is 16.0 Å². The maximum Gasteiger partial charge on any atom is 0.339 e. The lowest BCUT2D eigenvalue weighted by Gasteiger charge is -2.35. The van der Waals surface area contributed by atoms with Gasteiger partial charge in [0.2, 0.25) is 11.8 Å². The van der Waals surface area contributed by atoms with E-state index in [1.165, 1.54) is 23.9 Å². The Hall–Kier alpha value is -3.64. The summed E-state index contributed by atoms with van der Waals surface area (Å²) in [5, 5.41) is 4.33. The molecule has 0 saturated carbocycles. The number of hydrogen-bond donors (Lipinski definition) is 1. The standard InChI is InChI=1S/C28H34BrN7O4/c1-28(36-23-14-19(29)7-8-22(23)32-27(36)30)9-5-6-10-35(17-28)11-12-40-25-21(15-31-34(25)3)20-13-18(26(38)39-4)16-33(2)24(20)37/h7-8,13-16H,5-6,9-12,17H2,1-4H3,(H2,30,32). The van der Waals surface area contributed by atoms with Crippen LogP contribution in [0.4, 0.5) is 5.95 Å². The fraction of sp³-hybridized carbons (Fsp3) is 0.429. The highest BCUT2D eigenvalue weighted by molar-refractivity contribution is 9.10. The lowest BCUT2D eigenvalue weighted by atomic mass is 9.95. The van der Waals surface area contributed by atoms with Gasteiger partial charge in [0.1, 0.15) is 6.61 Å². The fourth-order valence-corrected chi connectivity index (χ4v) is 6.03. The number of nitrogens with zero attached hydrogens (tertiary/aromatic N) is 6. The Morgan fingerprint density at radius 3 is 2.77 bits per heavy atom. The normalized spacial score (nSPS) is 18.1. The molecule has 212 valence electrons. The molecule has 1 aromatic carbocycles. The Morgan fingerprint density at radius 2 is 2.00 bits per heavy atom. The Labute approximate surface area is 240 Å². The Balaban J connectivity index is 1.36. The highest BCUT2D eigenvalue weighted by Crippen LogP contribution is 2.35. The van der Waals surface area contributed by atoms with E-state index >= 15 is 0 Å². The van der Waals surface area contributed by atoms with E-state index in [2.05, 4.69) is 48.5 Å². The maximum atomic E-state index is 13.0. The molecule has 40 heavy (non-hydrogen) atoms. The monoisotopic (exact) mass is 611 g/mol. The van der Waals surface area contributed by atoms with Crippen molar-refractivity contribution in [1.82, 2.24) is 28.8 Å².